The van der Waals surface area contributed by atoms with Crippen LogP contribution < -0.4 is 15.4 Å². The molecule has 0 fully saturated rings. The SMILES string of the molecule is Cc1cc(C)c(C2C(C#N)=C(N)N(c3cc(Cl)cc(Cl)c3)C3=C2C(=O)CC(C)(C)C3)cc1COc1ccc(F)cc1. The lowest BCUT2D eigenvalue weighted by Gasteiger charge is -2.44. The second kappa shape index (κ2) is 10.9. The first-order valence-electron chi connectivity index (χ1n) is 13.3. The van der Waals surface area contributed by atoms with Gasteiger partial charge in [0.1, 0.15) is 24.0 Å². The number of halogens is 3. The van der Waals surface area contributed by atoms with Crippen molar-refractivity contribution in [3.8, 4) is 11.8 Å². The maximum Gasteiger partial charge on any atom is 0.162 e. The molecule has 0 bridgehead atoms. The van der Waals surface area contributed by atoms with Crippen LogP contribution in [0.25, 0.3) is 0 Å². The van der Waals surface area contributed by atoms with E-state index in [2.05, 4.69) is 19.9 Å². The number of nitrogens with two attached hydrogens (primary N) is 1. The molecule has 41 heavy (non-hydrogen) atoms. The number of rotatable bonds is 5. The van der Waals surface area contributed by atoms with Crippen molar-refractivity contribution in [3.63, 3.8) is 0 Å². The number of carbonyl (C=O) groups excluding carboxylic acids is 1. The lowest BCUT2D eigenvalue weighted by atomic mass is 9.68. The van der Waals surface area contributed by atoms with Crippen LogP contribution in [-0.4, -0.2) is 5.78 Å². The highest BCUT2D eigenvalue weighted by Gasteiger charge is 2.45. The van der Waals surface area contributed by atoms with Crippen LogP contribution in [0.3, 0.4) is 0 Å². The fourth-order valence-electron chi connectivity index (χ4n) is 5.86. The van der Waals surface area contributed by atoms with Gasteiger partial charge in [-0.05, 0) is 90.4 Å². The summed E-state index contributed by atoms with van der Waals surface area (Å²) >= 11 is 12.7. The Morgan fingerprint density at radius 2 is 1.71 bits per heavy atom. The van der Waals surface area contributed by atoms with E-state index in [1.165, 1.54) is 12.1 Å². The Morgan fingerprint density at radius 1 is 1.05 bits per heavy atom. The largest absolute Gasteiger partial charge is 0.489 e. The third kappa shape index (κ3) is 5.57. The number of allylic oxidation sites excluding steroid dienone is 3. The van der Waals surface area contributed by atoms with Crippen LogP contribution in [0.4, 0.5) is 10.1 Å². The van der Waals surface area contributed by atoms with Gasteiger partial charge in [0.05, 0.1) is 23.2 Å². The lowest BCUT2D eigenvalue weighted by molar-refractivity contribution is -0.118. The summed E-state index contributed by atoms with van der Waals surface area (Å²) in [6.07, 6.45) is 0.913. The zero-order chi connectivity index (χ0) is 29.6. The Labute approximate surface area is 249 Å². The maximum absolute atomic E-state index is 13.9. The second-order valence-corrected chi connectivity index (χ2v) is 12.4. The zero-order valence-corrected chi connectivity index (χ0v) is 24.8. The van der Waals surface area contributed by atoms with Gasteiger partial charge in [-0.3, -0.25) is 9.69 Å². The van der Waals surface area contributed by atoms with Gasteiger partial charge in [-0.25, -0.2) is 4.39 Å². The summed E-state index contributed by atoms with van der Waals surface area (Å²) in [5.74, 6) is -0.226. The number of hydrogen-bond acceptors (Lipinski definition) is 5. The summed E-state index contributed by atoms with van der Waals surface area (Å²) in [6.45, 7) is 8.29. The molecule has 0 saturated carbocycles. The first kappa shape index (κ1) is 28.7. The van der Waals surface area contributed by atoms with Crippen molar-refractivity contribution in [1.29, 1.82) is 5.26 Å². The Morgan fingerprint density at radius 3 is 2.34 bits per heavy atom. The molecule has 1 heterocycles. The van der Waals surface area contributed by atoms with Crippen LogP contribution in [0, 0.1) is 36.4 Å². The highest BCUT2D eigenvalue weighted by atomic mass is 35.5. The van der Waals surface area contributed by atoms with Gasteiger partial charge in [-0.15, -0.1) is 0 Å². The number of hydrogen-bond donors (Lipinski definition) is 1. The quantitative estimate of drug-likeness (QED) is 0.324. The van der Waals surface area contributed by atoms with E-state index in [1.54, 1.807) is 35.2 Å². The topological polar surface area (TPSA) is 79.4 Å². The summed E-state index contributed by atoms with van der Waals surface area (Å²) in [4.78, 5) is 15.7. The molecule has 1 unspecified atom stereocenters. The molecule has 2 aliphatic rings. The minimum atomic E-state index is -0.644. The van der Waals surface area contributed by atoms with Gasteiger partial charge >= 0.3 is 0 Å². The molecule has 0 radical (unpaired) electrons. The third-order valence-electron chi connectivity index (χ3n) is 7.73. The van der Waals surface area contributed by atoms with Gasteiger partial charge in [0.2, 0.25) is 0 Å². The normalized spacial score (nSPS) is 18.3. The molecule has 210 valence electrons. The van der Waals surface area contributed by atoms with Crippen molar-refractivity contribution in [2.45, 2.75) is 53.1 Å². The van der Waals surface area contributed by atoms with Crippen LogP contribution in [0.2, 0.25) is 10.0 Å². The first-order chi connectivity index (χ1) is 19.4. The van der Waals surface area contributed by atoms with Gasteiger partial charge in [-0.2, -0.15) is 5.26 Å². The molecule has 0 aromatic heterocycles. The van der Waals surface area contributed by atoms with Gasteiger partial charge in [0, 0.05) is 27.7 Å². The molecule has 0 saturated heterocycles. The van der Waals surface area contributed by atoms with Crippen molar-refractivity contribution in [2.24, 2.45) is 11.1 Å². The third-order valence-corrected chi connectivity index (χ3v) is 8.17. The smallest absolute Gasteiger partial charge is 0.162 e. The van der Waals surface area contributed by atoms with E-state index in [0.29, 0.717) is 39.9 Å². The van der Waals surface area contributed by atoms with Crippen LogP contribution in [0.5, 0.6) is 5.75 Å². The van der Waals surface area contributed by atoms with Crippen molar-refractivity contribution >= 4 is 34.7 Å². The van der Waals surface area contributed by atoms with Crippen LogP contribution in [0.1, 0.15) is 54.9 Å². The minimum absolute atomic E-state index is 0.0243. The molecule has 0 spiro atoms. The molecule has 2 N–H and O–H groups in total. The van der Waals surface area contributed by atoms with Gasteiger partial charge < -0.3 is 10.5 Å². The fourth-order valence-corrected chi connectivity index (χ4v) is 6.37. The zero-order valence-electron chi connectivity index (χ0n) is 23.3. The van der Waals surface area contributed by atoms with Gasteiger partial charge in [0.25, 0.3) is 0 Å². The standard InChI is InChI=1S/C33H30Cl2FN3O2/c1-18-9-19(2)26(10-20(18)17-41-25-7-5-23(36)6-8-25)30-27(16-37)32(38)39(24-12-21(34)11-22(35)13-24)28-14-33(3,4)15-29(40)31(28)30/h5-13,30H,14-15,17,38H2,1-4H3. The van der Waals surface area contributed by atoms with E-state index in [-0.39, 0.29) is 35.0 Å². The van der Waals surface area contributed by atoms with E-state index in [0.717, 1.165) is 28.0 Å². The van der Waals surface area contributed by atoms with Crippen molar-refractivity contribution in [2.75, 3.05) is 4.90 Å². The van der Waals surface area contributed by atoms with E-state index in [9.17, 15) is 14.4 Å². The molecule has 1 aliphatic carbocycles. The molecule has 5 rings (SSSR count). The Balaban J connectivity index is 1.67. The number of Topliss-reactive ketones (excluding diaryl/α,β-unsaturated/α-hetero) is 1. The number of anilines is 1. The fraction of sp³-hybridized carbons (Fsp3) is 0.273. The average molecular weight is 591 g/mol. The van der Waals surface area contributed by atoms with E-state index >= 15 is 0 Å². The number of ketones is 1. The number of carbonyl (C=O) groups is 1. The van der Waals surface area contributed by atoms with E-state index < -0.39 is 5.92 Å². The maximum atomic E-state index is 13.9. The number of nitrogens with zero attached hydrogens (tertiary/aromatic N) is 2. The van der Waals surface area contributed by atoms with E-state index in [4.69, 9.17) is 33.7 Å². The molecule has 3 aromatic rings. The Bertz CT molecular complexity index is 1650. The Kier molecular flexibility index (Phi) is 7.63. The van der Waals surface area contributed by atoms with Crippen molar-refractivity contribution < 1.29 is 13.9 Å². The molecule has 1 atom stereocenters. The summed E-state index contributed by atoms with van der Waals surface area (Å²) < 4.78 is 19.3. The van der Waals surface area contributed by atoms with Gasteiger partial charge in [-0.1, -0.05) is 49.2 Å². The molecule has 1 aliphatic heterocycles. The summed E-state index contributed by atoms with van der Waals surface area (Å²) in [5, 5.41) is 11.3. The number of benzene rings is 3. The highest BCUT2D eigenvalue weighted by molar-refractivity contribution is 6.35. The monoisotopic (exact) mass is 589 g/mol. The van der Waals surface area contributed by atoms with E-state index in [1.807, 2.05) is 26.0 Å². The molecular weight excluding hydrogens is 560 g/mol. The summed E-state index contributed by atoms with van der Waals surface area (Å²) in [6, 6.07) is 17.3. The van der Waals surface area contributed by atoms with Crippen LogP contribution >= 0.6 is 23.2 Å². The minimum Gasteiger partial charge on any atom is -0.489 e. The molecule has 3 aromatic carbocycles. The molecule has 5 nitrogen and oxygen atoms in total. The second-order valence-electron chi connectivity index (χ2n) is 11.5. The average Bonchev–Trinajstić information content (AvgIpc) is 2.87. The molecule has 0 amide bonds. The van der Waals surface area contributed by atoms with Crippen molar-refractivity contribution in [3.05, 3.63) is 115 Å². The molecular formula is C33H30Cl2FN3O2. The number of ether oxygens (including phenoxy) is 1. The number of aryl methyl sites for hydroxylation is 2. The summed E-state index contributed by atoms with van der Waals surface area (Å²) in [7, 11) is 0. The first-order valence-corrected chi connectivity index (χ1v) is 14.0. The highest BCUT2D eigenvalue weighted by Crippen LogP contribution is 2.51. The predicted molar refractivity (Wildman–Crippen MR) is 160 cm³/mol. The van der Waals surface area contributed by atoms with Gasteiger partial charge in [0.15, 0.2) is 5.78 Å². The van der Waals surface area contributed by atoms with Crippen molar-refractivity contribution in [1.82, 2.24) is 0 Å². The summed E-state index contributed by atoms with van der Waals surface area (Å²) in [5.41, 5.74) is 12.3. The Hall–Kier alpha value is -3.79. The number of nitriles is 1. The van der Waals surface area contributed by atoms with Crippen LogP contribution in [0.15, 0.2) is 77.3 Å². The van der Waals surface area contributed by atoms with Crippen LogP contribution in [-0.2, 0) is 11.4 Å². The lowest BCUT2D eigenvalue weighted by Crippen LogP contribution is -2.42. The predicted octanol–water partition coefficient (Wildman–Crippen LogP) is 8.27. The molecule has 8 heteroatoms.